The monoisotopic (exact) mass is 308 g/mol. The van der Waals surface area contributed by atoms with Crippen LogP contribution in [0.15, 0.2) is 24.3 Å². The molecule has 1 aliphatic heterocycles. The minimum atomic E-state index is -0.356. The molecule has 2 amide bonds. The second kappa shape index (κ2) is 6.63. The smallest absolute Gasteiger partial charge is 0.246 e. The summed E-state index contributed by atoms with van der Waals surface area (Å²) in [6.07, 6.45) is 3.73. The number of nitrogens with zero attached hydrogens (tertiary/aromatic N) is 1. The number of ether oxygens (including phenoxy) is 1. The molecule has 0 saturated carbocycles. The zero-order valence-corrected chi connectivity index (χ0v) is 12.5. The van der Waals surface area contributed by atoms with Crippen LogP contribution in [0.5, 0.6) is 5.75 Å². The van der Waals surface area contributed by atoms with Gasteiger partial charge in [0, 0.05) is 29.8 Å². The van der Waals surface area contributed by atoms with Crippen LogP contribution < -0.4 is 10.5 Å². The number of likely N-dealkylation sites (tertiary alicyclic amines) is 1. The van der Waals surface area contributed by atoms with E-state index in [1.165, 1.54) is 6.08 Å². The third kappa shape index (κ3) is 3.76. The number of amides is 2. The molecule has 1 aromatic rings. The topological polar surface area (TPSA) is 72.6 Å². The Morgan fingerprint density at radius 2 is 2.24 bits per heavy atom. The van der Waals surface area contributed by atoms with E-state index in [0.29, 0.717) is 30.3 Å². The summed E-state index contributed by atoms with van der Waals surface area (Å²) in [5.41, 5.74) is 5.98. The molecule has 1 atom stereocenters. The van der Waals surface area contributed by atoms with Gasteiger partial charge in [-0.25, -0.2) is 0 Å². The molecule has 2 rings (SSSR count). The molecule has 1 fully saturated rings. The van der Waals surface area contributed by atoms with Crippen molar-refractivity contribution in [3.05, 3.63) is 34.9 Å². The first kappa shape index (κ1) is 15.4. The second-order valence-electron chi connectivity index (χ2n) is 4.89. The summed E-state index contributed by atoms with van der Waals surface area (Å²) in [5, 5.41) is 0.567. The number of primary amides is 1. The number of halogens is 1. The van der Waals surface area contributed by atoms with Crippen LogP contribution >= 0.6 is 11.6 Å². The third-order valence-electron chi connectivity index (χ3n) is 3.50. The van der Waals surface area contributed by atoms with E-state index in [0.717, 1.165) is 5.56 Å². The molecule has 0 bridgehead atoms. The molecule has 5 nitrogen and oxygen atoms in total. The van der Waals surface area contributed by atoms with Crippen molar-refractivity contribution in [3.8, 4) is 5.75 Å². The largest absolute Gasteiger partial charge is 0.496 e. The highest BCUT2D eigenvalue weighted by molar-refractivity contribution is 6.30. The molecule has 112 valence electrons. The summed E-state index contributed by atoms with van der Waals surface area (Å²) in [6, 6.07) is 5.18. The molecule has 0 aromatic heterocycles. The average Bonchev–Trinajstić information content (AvgIpc) is 2.95. The number of benzene rings is 1. The highest BCUT2D eigenvalue weighted by atomic mass is 35.5. The van der Waals surface area contributed by atoms with Gasteiger partial charge in [-0.2, -0.15) is 0 Å². The van der Waals surface area contributed by atoms with Crippen molar-refractivity contribution in [2.75, 3.05) is 20.2 Å². The third-order valence-corrected chi connectivity index (χ3v) is 3.73. The van der Waals surface area contributed by atoms with Crippen LogP contribution in [-0.2, 0) is 9.59 Å². The average molecular weight is 309 g/mol. The molecule has 0 aliphatic carbocycles. The fourth-order valence-corrected chi connectivity index (χ4v) is 2.48. The van der Waals surface area contributed by atoms with Crippen LogP contribution in [0.25, 0.3) is 6.08 Å². The molecule has 1 unspecified atom stereocenters. The van der Waals surface area contributed by atoms with Gasteiger partial charge in [-0.15, -0.1) is 0 Å². The number of hydrogen-bond donors (Lipinski definition) is 1. The molecule has 1 saturated heterocycles. The van der Waals surface area contributed by atoms with Crippen molar-refractivity contribution >= 4 is 29.5 Å². The normalized spacial score (nSPS) is 18.2. The van der Waals surface area contributed by atoms with Crippen molar-refractivity contribution in [2.45, 2.75) is 6.42 Å². The predicted octanol–water partition coefficient (Wildman–Crippen LogP) is 1.70. The summed E-state index contributed by atoms with van der Waals surface area (Å²) >= 11 is 5.93. The molecule has 2 N–H and O–H groups in total. The van der Waals surface area contributed by atoms with E-state index >= 15 is 0 Å². The molecule has 21 heavy (non-hydrogen) atoms. The van der Waals surface area contributed by atoms with Crippen LogP contribution in [0.1, 0.15) is 12.0 Å². The number of rotatable bonds is 4. The molecular weight excluding hydrogens is 292 g/mol. The van der Waals surface area contributed by atoms with E-state index in [4.69, 9.17) is 22.1 Å². The fourth-order valence-electron chi connectivity index (χ4n) is 2.29. The van der Waals surface area contributed by atoms with Gasteiger partial charge in [0.2, 0.25) is 11.8 Å². The lowest BCUT2D eigenvalue weighted by molar-refractivity contribution is -0.125. The molecule has 1 aromatic carbocycles. The number of hydrogen-bond acceptors (Lipinski definition) is 3. The SMILES string of the molecule is COc1ccc(Cl)cc1C=CC(=O)N1CCC(C(N)=O)C1. The predicted molar refractivity (Wildman–Crippen MR) is 80.9 cm³/mol. The van der Waals surface area contributed by atoms with Crippen LogP contribution in [0.4, 0.5) is 0 Å². The van der Waals surface area contributed by atoms with Gasteiger partial charge in [0.15, 0.2) is 0 Å². The van der Waals surface area contributed by atoms with Crippen molar-refractivity contribution in [1.29, 1.82) is 0 Å². The van der Waals surface area contributed by atoms with Crippen LogP contribution in [0.2, 0.25) is 5.02 Å². The summed E-state index contributed by atoms with van der Waals surface area (Å²) in [7, 11) is 1.56. The maximum absolute atomic E-state index is 12.1. The zero-order chi connectivity index (χ0) is 15.4. The number of carbonyl (C=O) groups excluding carboxylic acids is 2. The zero-order valence-electron chi connectivity index (χ0n) is 11.7. The lowest BCUT2D eigenvalue weighted by atomic mass is 10.1. The first-order chi connectivity index (χ1) is 10.0. The Labute approximate surface area is 128 Å². The summed E-state index contributed by atoms with van der Waals surface area (Å²) in [6.45, 7) is 0.925. The second-order valence-corrected chi connectivity index (χ2v) is 5.33. The minimum Gasteiger partial charge on any atom is -0.496 e. The van der Waals surface area contributed by atoms with Gasteiger partial charge in [0.05, 0.1) is 13.0 Å². The lowest BCUT2D eigenvalue weighted by Crippen LogP contribution is -2.30. The number of carbonyl (C=O) groups is 2. The number of methoxy groups -OCH3 is 1. The van der Waals surface area contributed by atoms with Gasteiger partial charge in [0.25, 0.3) is 0 Å². The highest BCUT2D eigenvalue weighted by Gasteiger charge is 2.28. The maximum atomic E-state index is 12.1. The molecule has 1 aliphatic rings. The maximum Gasteiger partial charge on any atom is 0.246 e. The van der Waals surface area contributed by atoms with Gasteiger partial charge in [0.1, 0.15) is 5.75 Å². The molecule has 6 heteroatoms. The van der Waals surface area contributed by atoms with Crippen molar-refractivity contribution in [1.82, 2.24) is 4.90 Å². The first-order valence-corrected chi connectivity index (χ1v) is 6.99. The van der Waals surface area contributed by atoms with E-state index in [-0.39, 0.29) is 17.7 Å². The Morgan fingerprint density at radius 3 is 2.86 bits per heavy atom. The van der Waals surface area contributed by atoms with Gasteiger partial charge >= 0.3 is 0 Å². The van der Waals surface area contributed by atoms with Crippen molar-refractivity contribution < 1.29 is 14.3 Å². The summed E-state index contributed by atoms with van der Waals surface area (Å²) < 4.78 is 5.21. The Morgan fingerprint density at radius 1 is 1.48 bits per heavy atom. The van der Waals surface area contributed by atoms with Crippen LogP contribution in [-0.4, -0.2) is 36.9 Å². The van der Waals surface area contributed by atoms with Gasteiger partial charge in [-0.05, 0) is 30.7 Å². The first-order valence-electron chi connectivity index (χ1n) is 6.61. The van der Waals surface area contributed by atoms with E-state index in [1.807, 2.05) is 0 Å². The standard InChI is InChI=1S/C15H17ClN2O3/c1-21-13-4-3-12(16)8-10(13)2-5-14(19)18-7-6-11(9-18)15(17)20/h2-5,8,11H,6-7,9H2,1H3,(H2,17,20). The van der Waals surface area contributed by atoms with Crippen LogP contribution in [0, 0.1) is 5.92 Å². The van der Waals surface area contributed by atoms with E-state index in [1.54, 1.807) is 36.3 Å². The fraction of sp³-hybridized carbons (Fsp3) is 0.333. The Bertz CT molecular complexity index is 586. The highest BCUT2D eigenvalue weighted by Crippen LogP contribution is 2.24. The Balaban J connectivity index is 2.06. The number of nitrogens with two attached hydrogens (primary N) is 1. The Hall–Kier alpha value is -2.01. The molecule has 0 spiro atoms. The van der Waals surface area contributed by atoms with Gasteiger partial charge < -0.3 is 15.4 Å². The summed E-state index contributed by atoms with van der Waals surface area (Å²) in [4.78, 5) is 24.8. The van der Waals surface area contributed by atoms with E-state index in [9.17, 15) is 9.59 Å². The lowest BCUT2D eigenvalue weighted by Gasteiger charge is -2.13. The van der Waals surface area contributed by atoms with Crippen molar-refractivity contribution in [3.63, 3.8) is 0 Å². The van der Waals surface area contributed by atoms with E-state index < -0.39 is 0 Å². The molecular formula is C15H17ClN2O3. The molecule has 1 heterocycles. The van der Waals surface area contributed by atoms with Gasteiger partial charge in [-0.1, -0.05) is 11.6 Å². The van der Waals surface area contributed by atoms with E-state index in [2.05, 4.69) is 0 Å². The van der Waals surface area contributed by atoms with Crippen LogP contribution in [0.3, 0.4) is 0 Å². The van der Waals surface area contributed by atoms with Gasteiger partial charge in [-0.3, -0.25) is 9.59 Å². The minimum absolute atomic E-state index is 0.152. The van der Waals surface area contributed by atoms with Crippen molar-refractivity contribution in [2.24, 2.45) is 11.7 Å². The summed E-state index contributed by atoms with van der Waals surface area (Å²) in [5.74, 6) is -0.116. The Kier molecular flexibility index (Phi) is 4.85. The quantitative estimate of drug-likeness (QED) is 0.860. The molecule has 0 radical (unpaired) electrons.